The molecule has 0 aromatic rings. The van der Waals surface area contributed by atoms with Crippen LogP contribution >= 0.6 is 0 Å². The normalized spacial score (nSPS) is 11.8. The molecule has 0 unspecified atom stereocenters. The van der Waals surface area contributed by atoms with Gasteiger partial charge >= 0.3 is 0 Å². The molecule has 0 aromatic heterocycles. The fourth-order valence-electron chi connectivity index (χ4n) is 1.90. The minimum atomic E-state index is 1.000. The summed E-state index contributed by atoms with van der Waals surface area (Å²) < 4.78 is 0. The number of nitrogens with one attached hydrogen (secondary N) is 1. The molecule has 2 heteroatoms. The highest BCUT2D eigenvalue weighted by Crippen LogP contribution is 2.05. The van der Waals surface area contributed by atoms with Crippen LogP contribution in [0, 0.1) is 0 Å². The van der Waals surface area contributed by atoms with E-state index in [0.717, 1.165) is 19.5 Å². The number of hydrogen-bond acceptors (Lipinski definition) is 1. The Bertz CT molecular complexity index is 188. The lowest BCUT2D eigenvalue weighted by atomic mass is 10.1. The van der Waals surface area contributed by atoms with Crippen LogP contribution in [0.4, 0.5) is 0 Å². The van der Waals surface area contributed by atoms with Crippen LogP contribution in [-0.2, 0) is 0 Å². The Morgan fingerprint density at radius 3 is 2.11 bits per heavy atom. The lowest BCUT2D eigenvalue weighted by molar-refractivity contribution is 0.635. The molecule has 0 rings (SSSR count). The summed E-state index contributed by atoms with van der Waals surface area (Å²) in [6.45, 7) is 8.82. The molecule has 0 bridgehead atoms. The van der Waals surface area contributed by atoms with Crippen molar-refractivity contribution in [3.05, 3.63) is 0 Å². The van der Waals surface area contributed by atoms with Gasteiger partial charge in [-0.15, -0.1) is 0 Å². The minimum Gasteiger partial charge on any atom is -0.374 e. The van der Waals surface area contributed by atoms with Gasteiger partial charge < -0.3 is 5.32 Å². The molecule has 18 heavy (non-hydrogen) atoms. The second-order valence-corrected chi connectivity index (χ2v) is 5.13. The summed E-state index contributed by atoms with van der Waals surface area (Å²) in [6, 6.07) is 0. The molecule has 0 saturated carbocycles. The summed E-state index contributed by atoms with van der Waals surface area (Å²) >= 11 is 0. The number of rotatable bonds is 12. The summed E-state index contributed by atoms with van der Waals surface area (Å²) in [6.07, 6.45) is 12.9. The molecule has 2 nitrogen and oxygen atoms in total. The van der Waals surface area contributed by atoms with Gasteiger partial charge in [0.25, 0.3) is 0 Å². The summed E-state index contributed by atoms with van der Waals surface area (Å²) in [4.78, 5) is 4.71. The molecule has 0 saturated heterocycles. The van der Waals surface area contributed by atoms with E-state index in [1.165, 1.54) is 63.6 Å². The Labute approximate surface area is 115 Å². The van der Waals surface area contributed by atoms with Crippen LogP contribution in [0.25, 0.3) is 0 Å². The molecule has 0 spiro atoms. The van der Waals surface area contributed by atoms with Crippen molar-refractivity contribution in [2.24, 2.45) is 4.99 Å². The molecule has 0 fully saturated rings. The van der Waals surface area contributed by atoms with Gasteiger partial charge in [0.15, 0.2) is 0 Å². The number of nitrogens with zero attached hydrogens (tertiary/aromatic N) is 1. The van der Waals surface area contributed by atoms with Gasteiger partial charge in [0, 0.05) is 19.5 Å². The van der Waals surface area contributed by atoms with E-state index < -0.39 is 0 Å². The van der Waals surface area contributed by atoms with Gasteiger partial charge in [0.1, 0.15) is 0 Å². The SMILES string of the molecule is CCCCCCCC(=NCCCC)NCCCC. The second-order valence-electron chi connectivity index (χ2n) is 5.13. The lowest BCUT2D eigenvalue weighted by Gasteiger charge is -2.10. The van der Waals surface area contributed by atoms with Crippen molar-refractivity contribution in [2.45, 2.75) is 85.0 Å². The molecule has 0 atom stereocenters. The van der Waals surface area contributed by atoms with Crippen LogP contribution in [0.1, 0.15) is 85.0 Å². The maximum Gasteiger partial charge on any atom is 0.0963 e. The average Bonchev–Trinajstić information content (AvgIpc) is 2.38. The van der Waals surface area contributed by atoms with Crippen LogP contribution in [0.2, 0.25) is 0 Å². The highest BCUT2D eigenvalue weighted by atomic mass is 15.0. The topological polar surface area (TPSA) is 24.4 Å². The van der Waals surface area contributed by atoms with E-state index in [1.54, 1.807) is 0 Å². The van der Waals surface area contributed by atoms with Crippen molar-refractivity contribution in [1.29, 1.82) is 0 Å². The summed E-state index contributed by atoms with van der Waals surface area (Å²) in [7, 11) is 0. The molecule has 0 aliphatic heterocycles. The molecule has 0 aliphatic rings. The van der Waals surface area contributed by atoms with Crippen LogP contribution in [0.3, 0.4) is 0 Å². The maximum absolute atomic E-state index is 4.71. The Balaban J connectivity index is 3.77. The Kier molecular flexibility index (Phi) is 14.1. The Morgan fingerprint density at radius 1 is 0.778 bits per heavy atom. The predicted octanol–water partition coefficient (Wildman–Crippen LogP) is 4.94. The van der Waals surface area contributed by atoms with Crippen LogP contribution in [-0.4, -0.2) is 18.9 Å². The summed E-state index contributed by atoms with van der Waals surface area (Å²) in [5.41, 5.74) is 0. The van der Waals surface area contributed by atoms with E-state index in [1.807, 2.05) is 0 Å². The van der Waals surface area contributed by atoms with Gasteiger partial charge in [-0.3, -0.25) is 4.99 Å². The van der Waals surface area contributed by atoms with Gasteiger partial charge in [0.2, 0.25) is 0 Å². The molecular formula is C16H34N2. The van der Waals surface area contributed by atoms with E-state index in [4.69, 9.17) is 4.99 Å². The zero-order valence-electron chi connectivity index (χ0n) is 12.9. The quantitative estimate of drug-likeness (QED) is 0.298. The van der Waals surface area contributed by atoms with Gasteiger partial charge in [-0.2, -0.15) is 0 Å². The van der Waals surface area contributed by atoms with Crippen molar-refractivity contribution in [3.8, 4) is 0 Å². The third kappa shape index (κ3) is 11.9. The van der Waals surface area contributed by atoms with Gasteiger partial charge in [0.05, 0.1) is 5.84 Å². The van der Waals surface area contributed by atoms with E-state index in [-0.39, 0.29) is 0 Å². The van der Waals surface area contributed by atoms with E-state index >= 15 is 0 Å². The lowest BCUT2D eigenvalue weighted by Crippen LogP contribution is -2.24. The number of hydrogen-bond donors (Lipinski definition) is 1. The zero-order chi connectivity index (χ0) is 13.5. The zero-order valence-corrected chi connectivity index (χ0v) is 12.9. The molecule has 108 valence electrons. The van der Waals surface area contributed by atoms with Gasteiger partial charge in [-0.1, -0.05) is 59.3 Å². The Hall–Kier alpha value is -0.530. The van der Waals surface area contributed by atoms with Gasteiger partial charge in [-0.25, -0.2) is 0 Å². The van der Waals surface area contributed by atoms with E-state index in [9.17, 15) is 0 Å². The van der Waals surface area contributed by atoms with Crippen molar-refractivity contribution in [1.82, 2.24) is 5.32 Å². The first kappa shape index (κ1) is 17.5. The molecule has 0 aliphatic carbocycles. The van der Waals surface area contributed by atoms with Crippen LogP contribution in [0.5, 0.6) is 0 Å². The highest BCUT2D eigenvalue weighted by molar-refractivity contribution is 5.82. The average molecular weight is 254 g/mol. The summed E-state index contributed by atoms with van der Waals surface area (Å²) in [5, 5.41) is 3.52. The first-order valence-electron chi connectivity index (χ1n) is 8.12. The highest BCUT2D eigenvalue weighted by Gasteiger charge is 1.98. The largest absolute Gasteiger partial charge is 0.374 e. The third-order valence-electron chi connectivity index (χ3n) is 3.19. The maximum atomic E-state index is 4.71. The molecular weight excluding hydrogens is 220 g/mol. The fraction of sp³-hybridized carbons (Fsp3) is 0.938. The predicted molar refractivity (Wildman–Crippen MR) is 83.5 cm³/mol. The molecule has 0 radical (unpaired) electrons. The summed E-state index contributed by atoms with van der Waals surface area (Å²) in [5.74, 6) is 1.26. The molecule has 0 heterocycles. The third-order valence-corrected chi connectivity index (χ3v) is 3.19. The first-order valence-corrected chi connectivity index (χ1v) is 8.12. The van der Waals surface area contributed by atoms with Crippen molar-refractivity contribution in [3.63, 3.8) is 0 Å². The second kappa shape index (κ2) is 14.5. The minimum absolute atomic E-state index is 1.000. The molecule has 0 aromatic carbocycles. The van der Waals surface area contributed by atoms with Crippen LogP contribution < -0.4 is 5.32 Å². The van der Waals surface area contributed by atoms with E-state index in [2.05, 4.69) is 26.1 Å². The standard InChI is InChI=1S/C16H34N2/c1-4-7-10-11-12-13-16(17-14-8-5-2)18-15-9-6-3/h4-15H2,1-3H3,(H,17,18). The van der Waals surface area contributed by atoms with Gasteiger partial charge in [-0.05, 0) is 19.3 Å². The fourth-order valence-corrected chi connectivity index (χ4v) is 1.90. The monoisotopic (exact) mass is 254 g/mol. The Morgan fingerprint density at radius 2 is 1.44 bits per heavy atom. The smallest absolute Gasteiger partial charge is 0.0963 e. The molecule has 0 amide bonds. The van der Waals surface area contributed by atoms with Crippen molar-refractivity contribution >= 4 is 5.84 Å². The van der Waals surface area contributed by atoms with Crippen LogP contribution in [0.15, 0.2) is 4.99 Å². The van der Waals surface area contributed by atoms with Crippen molar-refractivity contribution < 1.29 is 0 Å². The van der Waals surface area contributed by atoms with E-state index in [0.29, 0.717) is 0 Å². The molecule has 1 N–H and O–H groups in total. The van der Waals surface area contributed by atoms with Crippen molar-refractivity contribution in [2.75, 3.05) is 13.1 Å². The first-order chi connectivity index (χ1) is 8.85. The number of aliphatic imine (C=N–C) groups is 1. The number of unbranched alkanes of at least 4 members (excludes halogenated alkanes) is 6. The number of amidine groups is 1.